The van der Waals surface area contributed by atoms with Crippen LogP contribution in [0.3, 0.4) is 0 Å². The van der Waals surface area contributed by atoms with Crippen LogP contribution in [0.2, 0.25) is 0 Å². The normalized spacial score (nSPS) is 11.6. The molecule has 21 heavy (non-hydrogen) atoms. The number of benzene rings is 2. The van der Waals surface area contributed by atoms with Crippen LogP contribution in [-0.2, 0) is 6.11 Å². The zero-order valence-electron chi connectivity index (χ0n) is 13.1. The first kappa shape index (κ1) is 15.5. The number of hydrogen-bond acceptors (Lipinski definition) is 1. The van der Waals surface area contributed by atoms with E-state index in [1.165, 1.54) is 0 Å². The maximum Gasteiger partial charge on any atom is 0.427 e. The van der Waals surface area contributed by atoms with Gasteiger partial charge in [-0.3, -0.25) is 0 Å². The summed E-state index contributed by atoms with van der Waals surface area (Å²) in [5.41, 5.74) is 3.99. The van der Waals surface area contributed by atoms with Gasteiger partial charge in [0.25, 0.3) is 0 Å². The van der Waals surface area contributed by atoms with E-state index >= 15 is 0 Å². The Hall–Kier alpha value is -1.90. The number of hydrogen-bond donors (Lipinski definition) is 0. The van der Waals surface area contributed by atoms with Crippen molar-refractivity contribution in [1.82, 2.24) is 0 Å². The third kappa shape index (κ3) is 3.07. The van der Waals surface area contributed by atoms with Gasteiger partial charge in [0, 0.05) is 0 Å². The van der Waals surface area contributed by atoms with Gasteiger partial charge in [-0.15, -0.1) is 0 Å². The van der Waals surface area contributed by atoms with Gasteiger partial charge >= 0.3 is 6.11 Å². The minimum atomic E-state index is -3.34. The average Bonchev–Trinajstić information content (AvgIpc) is 2.34. The lowest BCUT2D eigenvalue weighted by atomic mass is 10.0. The molecule has 0 amide bonds. The van der Waals surface area contributed by atoms with E-state index in [2.05, 4.69) is 0 Å². The SMILES string of the molecule is Cc1cc(OC(F)(F)c2c(C)cccc2C)cc(C)c1C. The van der Waals surface area contributed by atoms with Gasteiger partial charge in [0.05, 0.1) is 5.56 Å². The van der Waals surface area contributed by atoms with Crippen molar-refractivity contribution >= 4 is 0 Å². The molecule has 2 aromatic rings. The third-order valence-corrected chi connectivity index (χ3v) is 3.92. The fraction of sp³-hybridized carbons (Fsp3) is 0.333. The van der Waals surface area contributed by atoms with Crippen molar-refractivity contribution in [3.63, 3.8) is 0 Å². The molecule has 1 nitrogen and oxygen atoms in total. The molecule has 0 bridgehead atoms. The van der Waals surface area contributed by atoms with Gasteiger partial charge in [-0.1, -0.05) is 18.2 Å². The van der Waals surface area contributed by atoms with Gasteiger partial charge in [0.1, 0.15) is 5.75 Å². The first-order valence-corrected chi connectivity index (χ1v) is 6.93. The van der Waals surface area contributed by atoms with Crippen molar-refractivity contribution < 1.29 is 13.5 Å². The molecular formula is C18H20F2O. The zero-order chi connectivity index (χ0) is 15.8. The molecule has 2 rings (SSSR count). The van der Waals surface area contributed by atoms with Gasteiger partial charge in [0.15, 0.2) is 0 Å². The van der Waals surface area contributed by atoms with Crippen LogP contribution in [-0.4, -0.2) is 0 Å². The summed E-state index contributed by atoms with van der Waals surface area (Å²) in [6, 6.07) is 8.43. The molecule has 0 N–H and O–H groups in total. The Morgan fingerprint density at radius 3 is 1.76 bits per heavy atom. The highest BCUT2D eigenvalue weighted by Gasteiger charge is 2.37. The second-order valence-corrected chi connectivity index (χ2v) is 5.57. The van der Waals surface area contributed by atoms with Crippen LogP contribution in [0.4, 0.5) is 8.78 Å². The summed E-state index contributed by atoms with van der Waals surface area (Å²) in [5, 5.41) is 0. The Morgan fingerprint density at radius 2 is 1.29 bits per heavy atom. The summed E-state index contributed by atoms with van der Waals surface area (Å²) in [4.78, 5) is 0. The Kier molecular flexibility index (Phi) is 4.04. The Morgan fingerprint density at radius 1 is 0.810 bits per heavy atom. The molecule has 112 valence electrons. The van der Waals surface area contributed by atoms with E-state index in [4.69, 9.17) is 4.74 Å². The van der Waals surface area contributed by atoms with Crippen molar-refractivity contribution in [2.75, 3.05) is 0 Å². The number of alkyl halides is 2. The summed E-state index contributed by atoms with van der Waals surface area (Å²) in [6.07, 6.45) is -3.34. The van der Waals surface area contributed by atoms with Crippen LogP contribution in [0, 0.1) is 34.6 Å². The van der Waals surface area contributed by atoms with E-state index < -0.39 is 6.11 Å². The molecule has 0 saturated heterocycles. The number of halogens is 2. The summed E-state index contributed by atoms with van der Waals surface area (Å²) in [5.74, 6) is 0.197. The molecule has 0 aromatic heterocycles. The summed E-state index contributed by atoms with van der Waals surface area (Å²) in [6.45, 7) is 9.10. The molecule has 0 radical (unpaired) electrons. The van der Waals surface area contributed by atoms with Gasteiger partial charge in [0.2, 0.25) is 0 Å². The van der Waals surface area contributed by atoms with E-state index in [0.29, 0.717) is 11.1 Å². The van der Waals surface area contributed by atoms with Gasteiger partial charge in [-0.2, -0.15) is 8.78 Å². The Labute approximate surface area is 124 Å². The minimum absolute atomic E-state index is 0.0547. The molecule has 0 saturated carbocycles. The quantitative estimate of drug-likeness (QED) is 0.739. The third-order valence-electron chi connectivity index (χ3n) is 3.92. The maximum absolute atomic E-state index is 14.5. The van der Waals surface area contributed by atoms with Crippen molar-refractivity contribution in [2.45, 2.75) is 40.7 Å². The number of ether oxygens (including phenoxy) is 1. The summed E-state index contributed by atoms with van der Waals surface area (Å²) >= 11 is 0. The van der Waals surface area contributed by atoms with E-state index in [0.717, 1.165) is 16.7 Å². The standard InChI is InChI=1S/C18H20F2O/c1-11-7-6-8-12(2)17(11)18(19,20)21-16-9-13(3)15(5)14(4)10-16/h6-10H,1-5H3. The molecular weight excluding hydrogens is 270 g/mol. The predicted octanol–water partition coefficient (Wildman–Crippen LogP) is 5.36. The molecule has 2 aromatic carbocycles. The van der Waals surface area contributed by atoms with E-state index in [1.807, 2.05) is 20.8 Å². The number of aryl methyl sites for hydroxylation is 4. The zero-order valence-corrected chi connectivity index (χ0v) is 13.1. The molecule has 0 aliphatic carbocycles. The molecule has 0 atom stereocenters. The first-order valence-electron chi connectivity index (χ1n) is 6.93. The highest BCUT2D eigenvalue weighted by atomic mass is 19.3. The smallest absolute Gasteiger partial charge is 0.427 e. The Balaban J connectivity index is 2.42. The summed E-state index contributed by atoms with van der Waals surface area (Å²) < 4.78 is 34.0. The molecule has 0 heterocycles. The fourth-order valence-electron chi connectivity index (χ4n) is 2.53. The van der Waals surface area contributed by atoms with Crippen LogP contribution in [0.25, 0.3) is 0 Å². The lowest BCUT2D eigenvalue weighted by Gasteiger charge is -2.22. The first-order chi connectivity index (χ1) is 9.72. The van der Waals surface area contributed by atoms with Crippen LogP contribution in [0.1, 0.15) is 33.4 Å². The molecule has 0 aliphatic heterocycles. The van der Waals surface area contributed by atoms with Crippen molar-refractivity contribution in [2.24, 2.45) is 0 Å². The van der Waals surface area contributed by atoms with Gasteiger partial charge in [-0.05, 0) is 74.6 Å². The van der Waals surface area contributed by atoms with Crippen LogP contribution in [0.5, 0.6) is 5.75 Å². The topological polar surface area (TPSA) is 9.23 Å². The van der Waals surface area contributed by atoms with Crippen LogP contribution < -0.4 is 4.74 Å². The maximum atomic E-state index is 14.5. The fourth-order valence-corrected chi connectivity index (χ4v) is 2.53. The second-order valence-electron chi connectivity index (χ2n) is 5.57. The highest BCUT2D eigenvalue weighted by Crippen LogP contribution is 2.36. The largest absolute Gasteiger partial charge is 0.429 e. The molecule has 0 fully saturated rings. The van der Waals surface area contributed by atoms with Crippen molar-refractivity contribution in [1.29, 1.82) is 0 Å². The average molecular weight is 290 g/mol. The van der Waals surface area contributed by atoms with Crippen LogP contribution in [0.15, 0.2) is 30.3 Å². The molecule has 3 heteroatoms. The van der Waals surface area contributed by atoms with Gasteiger partial charge < -0.3 is 4.74 Å². The van der Waals surface area contributed by atoms with E-state index in [-0.39, 0.29) is 11.3 Å². The predicted molar refractivity (Wildman–Crippen MR) is 81.1 cm³/mol. The van der Waals surface area contributed by atoms with Crippen LogP contribution >= 0.6 is 0 Å². The Bertz CT molecular complexity index is 632. The number of rotatable bonds is 3. The summed E-state index contributed by atoms with van der Waals surface area (Å²) in [7, 11) is 0. The molecule has 0 spiro atoms. The highest BCUT2D eigenvalue weighted by molar-refractivity contribution is 5.41. The minimum Gasteiger partial charge on any atom is -0.429 e. The molecule has 0 aliphatic rings. The lowest BCUT2D eigenvalue weighted by Crippen LogP contribution is -2.24. The monoisotopic (exact) mass is 290 g/mol. The van der Waals surface area contributed by atoms with Crippen molar-refractivity contribution in [3.8, 4) is 5.75 Å². The lowest BCUT2D eigenvalue weighted by molar-refractivity contribution is -0.186. The van der Waals surface area contributed by atoms with Gasteiger partial charge in [-0.25, -0.2) is 0 Å². The second kappa shape index (κ2) is 5.47. The molecule has 0 unspecified atom stereocenters. The van der Waals surface area contributed by atoms with Crippen molar-refractivity contribution in [3.05, 3.63) is 63.7 Å². The van der Waals surface area contributed by atoms with E-state index in [1.54, 1.807) is 44.2 Å². The van der Waals surface area contributed by atoms with E-state index in [9.17, 15) is 8.78 Å².